The molecule has 0 bridgehead atoms. The van der Waals surface area contributed by atoms with Crippen molar-refractivity contribution in [1.29, 1.82) is 0 Å². The first-order valence-electron chi connectivity index (χ1n) is 5.12. The third kappa shape index (κ3) is 1.09. The molecule has 2 heterocycles. The second kappa shape index (κ2) is 2.86. The molecule has 0 amide bonds. The molecule has 0 aliphatic carbocycles. The van der Waals surface area contributed by atoms with Gasteiger partial charge in [-0.15, -0.1) is 0 Å². The molecular weight excluding hydrogens is 188 g/mol. The van der Waals surface area contributed by atoms with Gasteiger partial charge in [0.15, 0.2) is 0 Å². The van der Waals surface area contributed by atoms with Crippen molar-refractivity contribution in [2.75, 3.05) is 11.9 Å². The molecule has 0 atom stereocenters. The highest BCUT2D eigenvalue weighted by molar-refractivity contribution is 5.90. The molecule has 1 aliphatic rings. The molecule has 1 aromatic heterocycles. The van der Waals surface area contributed by atoms with E-state index in [0.29, 0.717) is 0 Å². The first-order valence-corrected chi connectivity index (χ1v) is 5.12. The maximum atomic E-state index is 11.9. The Kier molecular flexibility index (Phi) is 1.63. The number of anilines is 1. The number of fused-ring (bicyclic) bond motifs is 3. The minimum atomic E-state index is 0.0854. The molecule has 3 heteroatoms. The molecule has 0 spiro atoms. The Hall–Kier alpha value is -1.77. The van der Waals surface area contributed by atoms with Crippen molar-refractivity contribution < 1.29 is 0 Å². The van der Waals surface area contributed by atoms with E-state index in [-0.39, 0.29) is 5.56 Å². The van der Waals surface area contributed by atoms with Crippen LogP contribution in [-0.4, -0.2) is 11.1 Å². The summed E-state index contributed by atoms with van der Waals surface area (Å²) in [5.41, 5.74) is 2.54. The number of nitrogens with one attached hydrogen (secondary N) is 1. The minimum absolute atomic E-state index is 0.0854. The SMILES string of the molecule is Cn1ccc2c3c(ccc2c1=O)NCC3. The molecule has 0 saturated carbocycles. The second-order valence-corrected chi connectivity index (χ2v) is 3.96. The summed E-state index contributed by atoms with van der Waals surface area (Å²) >= 11 is 0. The topological polar surface area (TPSA) is 34.0 Å². The predicted molar refractivity (Wildman–Crippen MR) is 61.4 cm³/mol. The third-order valence-corrected chi connectivity index (χ3v) is 3.06. The zero-order valence-corrected chi connectivity index (χ0v) is 8.58. The van der Waals surface area contributed by atoms with Gasteiger partial charge in [-0.05, 0) is 35.6 Å². The van der Waals surface area contributed by atoms with Crippen LogP contribution in [0.25, 0.3) is 10.8 Å². The Bertz CT molecular complexity index is 598. The lowest BCUT2D eigenvalue weighted by Gasteiger charge is -2.05. The molecule has 15 heavy (non-hydrogen) atoms. The molecule has 0 radical (unpaired) electrons. The van der Waals surface area contributed by atoms with Gasteiger partial charge in [-0.1, -0.05) is 0 Å². The van der Waals surface area contributed by atoms with Crippen LogP contribution in [0.3, 0.4) is 0 Å². The molecule has 0 fully saturated rings. The van der Waals surface area contributed by atoms with E-state index in [1.807, 2.05) is 24.4 Å². The van der Waals surface area contributed by atoms with Gasteiger partial charge < -0.3 is 9.88 Å². The lowest BCUT2D eigenvalue weighted by atomic mass is 10.0. The van der Waals surface area contributed by atoms with E-state index < -0.39 is 0 Å². The van der Waals surface area contributed by atoms with Crippen LogP contribution >= 0.6 is 0 Å². The van der Waals surface area contributed by atoms with Crippen molar-refractivity contribution in [2.24, 2.45) is 7.05 Å². The molecule has 1 aromatic carbocycles. The van der Waals surface area contributed by atoms with Gasteiger partial charge >= 0.3 is 0 Å². The van der Waals surface area contributed by atoms with Gasteiger partial charge in [0.1, 0.15) is 0 Å². The molecule has 0 saturated heterocycles. The summed E-state index contributed by atoms with van der Waals surface area (Å²) in [7, 11) is 1.78. The predicted octanol–water partition coefficient (Wildman–Crippen LogP) is 1.51. The smallest absolute Gasteiger partial charge is 0.258 e. The number of hydrogen-bond acceptors (Lipinski definition) is 2. The Labute approximate surface area is 87.3 Å². The molecule has 76 valence electrons. The normalized spacial score (nSPS) is 13.9. The fraction of sp³-hybridized carbons (Fsp3) is 0.250. The van der Waals surface area contributed by atoms with E-state index in [4.69, 9.17) is 0 Å². The van der Waals surface area contributed by atoms with E-state index in [0.717, 1.165) is 23.7 Å². The molecule has 1 aliphatic heterocycles. The first kappa shape index (κ1) is 8.53. The van der Waals surface area contributed by atoms with Crippen molar-refractivity contribution in [3.05, 3.63) is 40.3 Å². The van der Waals surface area contributed by atoms with E-state index in [1.165, 1.54) is 11.3 Å². The summed E-state index contributed by atoms with van der Waals surface area (Å²) in [4.78, 5) is 11.9. The van der Waals surface area contributed by atoms with Gasteiger partial charge in [-0.2, -0.15) is 0 Å². The summed E-state index contributed by atoms with van der Waals surface area (Å²) in [5, 5.41) is 5.24. The summed E-state index contributed by atoms with van der Waals surface area (Å²) in [5.74, 6) is 0. The van der Waals surface area contributed by atoms with E-state index in [9.17, 15) is 4.79 Å². The fourth-order valence-corrected chi connectivity index (χ4v) is 2.24. The number of nitrogens with zero attached hydrogens (tertiary/aromatic N) is 1. The molecular formula is C12H12N2O. The van der Waals surface area contributed by atoms with Gasteiger partial charge in [-0.3, -0.25) is 4.79 Å². The van der Waals surface area contributed by atoms with Gasteiger partial charge in [0.05, 0.1) is 0 Å². The highest BCUT2D eigenvalue weighted by Crippen LogP contribution is 2.28. The number of rotatable bonds is 0. The van der Waals surface area contributed by atoms with Crippen LogP contribution in [0, 0.1) is 0 Å². The van der Waals surface area contributed by atoms with E-state index in [2.05, 4.69) is 5.32 Å². The second-order valence-electron chi connectivity index (χ2n) is 3.96. The molecule has 1 N–H and O–H groups in total. The summed E-state index contributed by atoms with van der Waals surface area (Å²) in [6.45, 7) is 0.976. The summed E-state index contributed by atoms with van der Waals surface area (Å²) in [6.07, 6.45) is 2.85. The maximum absolute atomic E-state index is 11.9. The van der Waals surface area contributed by atoms with Crippen molar-refractivity contribution in [2.45, 2.75) is 6.42 Å². The van der Waals surface area contributed by atoms with Crippen LogP contribution < -0.4 is 10.9 Å². The van der Waals surface area contributed by atoms with Gasteiger partial charge in [0.2, 0.25) is 0 Å². The van der Waals surface area contributed by atoms with Crippen LogP contribution in [0.2, 0.25) is 0 Å². The highest BCUT2D eigenvalue weighted by Gasteiger charge is 2.14. The van der Waals surface area contributed by atoms with Crippen LogP contribution in [0.1, 0.15) is 5.56 Å². The van der Waals surface area contributed by atoms with Gasteiger partial charge in [0, 0.05) is 30.9 Å². The van der Waals surface area contributed by atoms with Crippen molar-refractivity contribution in [3.63, 3.8) is 0 Å². The largest absolute Gasteiger partial charge is 0.384 e. The molecule has 3 nitrogen and oxygen atoms in total. The van der Waals surface area contributed by atoms with Crippen molar-refractivity contribution in [1.82, 2.24) is 4.57 Å². The number of benzene rings is 1. The Morgan fingerprint density at radius 2 is 2.13 bits per heavy atom. The average Bonchev–Trinajstić information content (AvgIpc) is 2.71. The van der Waals surface area contributed by atoms with E-state index >= 15 is 0 Å². The Balaban J connectivity index is 2.49. The third-order valence-electron chi connectivity index (χ3n) is 3.06. The summed E-state index contributed by atoms with van der Waals surface area (Å²) < 4.78 is 1.62. The maximum Gasteiger partial charge on any atom is 0.258 e. The monoisotopic (exact) mass is 200 g/mol. The van der Waals surface area contributed by atoms with E-state index in [1.54, 1.807) is 11.6 Å². The minimum Gasteiger partial charge on any atom is -0.384 e. The fourth-order valence-electron chi connectivity index (χ4n) is 2.24. The standard InChI is InChI=1S/C12H12N2O/c1-14-7-5-8-9-4-6-13-11(9)3-2-10(8)12(14)15/h2-3,5,7,13H,4,6H2,1H3. The zero-order chi connectivity index (χ0) is 10.4. The number of aromatic nitrogens is 1. The first-order chi connectivity index (χ1) is 7.27. The average molecular weight is 200 g/mol. The number of aryl methyl sites for hydroxylation is 1. The lowest BCUT2D eigenvalue weighted by Crippen LogP contribution is -2.15. The van der Waals surface area contributed by atoms with Crippen molar-refractivity contribution >= 4 is 16.5 Å². The number of pyridine rings is 1. The van der Waals surface area contributed by atoms with Crippen molar-refractivity contribution in [3.8, 4) is 0 Å². The van der Waals surface area contributed by atoms with Gasteiger partial charge in [0.25, 0.3) is 5.56 Å². The Morgan fingerprint density at radius 3 is 3.00 bits per heavy atom. The molecule has 2 aromatic rings. The van der Waals surface area contributed by atoms with Crippen LogP contribution in [0.15, 0.2) is 29.2 Å². The van der Waals surface area contributed by atoms with Crippen LogP contribution in [-0.2, 0) is 13.5 Å². The molecule has 3 rings (SSSR count). The summed E-state index contributed by atoms with van der Waals surface area (Å²) in [6, 6.07) is 5.95. The quantitative estimate of drug-likeness (QED) is 0.699. The van der Waals surface area contributed by atoms with Crippen LogP contribution in [0.4, 0.5) is 5.69 Å². The Morgan fingerprint density at radius 1 is 1.27 bits per heavy atom. The number of hydrogen-bond donors (Lipinski definition) is 1. The highest BCUT2D eigenvalue weighted by atomic mass is 16.1. The molecule has 0 unspecified atom stereocenters. The van der Waals surface area contributed by atoms with Crippen LogP contribution in [0.5, 0.6) is 0 Å². The zero-order valence-electron chi connectivity index (χ0n) is 8.58. The lowest BCUT2D eigenvalue weighted by molar-refractivity contribution is 0.873. The van der Waals surface area contributed by atoms with Gasteiger partial charge in [-0.25, -0.2) is 0 Å².